The average molecular weight is 593 g/mol. The molecule has 0 aliphatic heterocycles. The van der Waals surface area contributed by atoms with Gasteiger partial charge in [0.2, 0.25) is 0 Å². The van der Waals surface area contributed by atoms with Crippen LogP contribution in [0.15, 0.2) is 55.1 Å². The van der Waals surface area contributed by atoms with Gasteiger partial charge in [0.1, 0.15) is 5.82 Å². The van der Waals surface area contributed by atoms with Crippen LogP contribution in [0.3, 0.4) is 0 Å². The molecule has 0 radical (unpaired) electrons. The van der Waals surface area contributed by atoms with Crippen molar-refractivity contribution in [3.63, 3.8) is 0 Å². The van der Waals surface area contributed by atoms with Gasteiger partial charge in [-0.25, -0.2) is 19.9 Å². The van der Waals surface area contributed by atoms with Crippen molar-refractivity contribution in [3.8, 4) is 0 Å². The van der Waals surface area contributed by atoms with E-state index >= 15 is 0 Å². The van der Waals surface area contributed by atoms with Crippen LogP contribution in [0.5, 0.6) is 0 Å². The van der Waals surface area contributed by atoms with Gasteiger partial charge in [-0.2, -0.15) is 13.2 Å². The first-order valence-corrected chi connectivity index (χ1v) is 11.6. The highest BCUT2D eigenvalue weighted by atomic mass is 127. The molecule has 0 aliphatic rings. The van der Waals surface area contributed by atoms with Crippen molar-refractivity contribution < 1.29 is 18.0 Å². The van der Waals surface area contributed by atoms with Crippen LogP contribution in [0.25, 0.3) is 11.0 Å². The van der Waals surface area contributed by atoms with Gasteiger partial charge < -0.3 is 10.6 Å². The molecular formula is C23H19F3IN7O. The number of aromatic nitrogens is 5. The predicted molar refractivity (Wildman–Crippen MR) is 131 cm³/mol. The number of carbonyl (C=O) groups excluding carboxylic acids is 1. The lowest BCUT2D eigenvalue weighted by Gasteiger charge is -2.30. The molecule has 4 aromatic heterocycles. The van der Waals surface area contributed by atoms with Gasteiger partial charge >= 0.3 is 6.18 Å². The normalized spacial score (nSPS) is 12.5. The van der Waals surface area contributed by atoms with Gasteiger partial charge in [0.15, 0.2) is 11.5 Å². The summed E-state index contributed by atoms with van der Waals surface area (Å²) in [5.41, 5.74) is 5.96. The predicted octanol–water partition coefficient (Wildman–Crippen LogP) is 4.81. The molecular weight excluding hydrogens is 574 g/mol. The summed E-state index contributed by atoms with van der Waals surface area (Å²) < 4.78 is 39.6. The van der Waals surface area contributed by atoms with Gasteiger partial charge in [0, 0.05) is 30.2 Å². The largest absolute Gasteiger partial charge is 0.417 e. The van der Waals surface area contributed by atoms with Gasteiger partial charge in [0.05, 0.1) is 33.0 Å². The van der Waals surface area contributed by atoms with Gasteiger partial charge in [-0.05, 0) is 59.3 Å². The number of hydrogen-bond acceptors (Lipinski definition) is 7. The number of amides is 1. The highest BCUT2D eigenvalue weighted by molar-refractivity contribution is 14.1. The Labute approximate surface area is 212 Å². The lowest BCUT2D eigenvalue weighted by molar-refractivity contribution is -0.137. The summed E-state index contributed by atoms with van der Waals surface area (Å²) in [6, 6.07) is 6.75. The van der Waals surface area contributed by atoms with Gasteiger partial charge in [-0.3, -0.25) is 9.78 Å². The number of rotatable bonds is 6. The maximum atomic E-state index is 13.7. The number of alkyl halides is 3. The first kappa shape index (κ1) is 24.7. The van der Waals surface area contributed by atoms with Crippen LogP contribution in [-0.4, -0.2) is 35.7 Å². The summed E-state index contributed by atoms with van der Waals surface area (Å²) in [6.07, 6.45) is 1.26. The summed E-state index contributed by atoms with van der Waals surface area (Å²) in [5.74, 6) is 0.354. The highest BCUT2D eigenvalue weighted by Gasteiger charge is 2.32. The highest BCUT2D eigenvalue weighted by Crippen LogP contribution is 2.30. The number of halogens is 4. The van der Waals surface area contributed by atoms with Crippen molar-refractivity contribution in [1.82, 2.24) is 29.8 Å². The zero-order valence-corrected chi connectivity index (χ0v) is 20.5. The van der Waals surface area contributed by atoms with Crippen LogP contribution in [-0.2, 0) is 12.7 Å². The second kappa shape index (κ2) is 10.1. The lowest BCUT2D eigenvalue weighted by atomic mass is 10.1. The second-order valence-electron chi connectivity index (χ2n) is 7.63. The minimum Gasteiger partial charge on any atom is -0.383 e. The first-order chi connectivity index (χ1) is 16.7. The topological polar surface area (TPSA) is 111 Å². The van der Waals surface area contributed by atoms with E-state index in [1.165, 1.54) is 17.2 Å². The van der Waals surface area contributed by atoms with Crippen molar-refractivity contribution in [2.45, 2.75) is 32.1 Å². The molecule has 0 unspecified atom stereocenters. The summed E-state index contributed by atoms with van der Waals surface area (Å²) in [7, 11) is 0. The molecule has 12 heteroatoms. The molecule has 0 fully saturated rings. The van der Waals surface area contributed by atoms with Gasteiger partial charge in [-0.1, -0.05) is 6.92 Å². The van der Waals surface area contributed by atoms with E-state index in [9.17, 15) is 18.0 Å². The number of nitrogens with two attached hydrogens (primary N) is 1. The molecule has 4 heterocycles. The van der Waals surface area contributed by atoms with Gasteiger partial charge in [-0.15, -0.1) is 0 Å². The molecule has 1 amide bonds. The monoisotopic (exact) mass is 593 g/mol. The van der Waals surface area contributed by atoms with Crippen molar-refractivity contribution in [1.29, 1.82) is 0 Å². The third kappa shape index (κ3) is 5.47. The maximum Gasteiger partial charge on any atom is 0.417 e. The Morgan fingerprint density at radius 2 is 1.86 bits per heavy atom. The number of carbonyl (C=O) groups is 1. The fraction of sp³-hybridized carbons (Fsp3) is 0.217. The first-order valence-electron chi connectivity index (χ1n) is 10.5. The Kier molecular flexibility index (Phi) is 7.10. The van der Waals surface area contributed by atoms with Crippen molar-refractivity contribution in [2.75, 3.05) is 5.73 Å². The quantitative estimate of drug-likeness (QED) is 0.320. The molecule has 0 bridgehead atoms. The molecule has 4 aromatic rings. The number of anilines is 1. The van der Waals surface area contributed by atoms with E-state index in [2.05, 4.69) is 24.9 Å². The van der Waals surface area contributed by atoms with E-state index in [1.54, 1.807) is 30.6 Å². The molecule has 0 spiro atoms. The van der Waals surface area contributed by atoms with Crippen LogP contribution in [0.4, 0.5) is 19.0 Å². The molecule has 0 aliphatic carbocycles. The van der Waals surface area contributed by atoms with E-state index in [-0.39, 0.29) is 12.1 Å². The Morgan fingerprint density at radius 1 is 1.11 bits per heavy atom. The van der Waals surface area contributed by atoms with E-state index in [4.69, 9.17) is 5.73 Å². The lowest BCUT2D eigenvalue weighted by Crippen LogP contribution is -2.35. The molecule has 180 valence electrons. The smallest absolute Gasteiger partial charge is 0.383 e. The summed E-state index contributed by atoms with van der Waals surface area (Å²) in [5, 5.41) is 0.631. The molecule has 4 rings (SSSR count). The Bertz CT molecular complexity index is 1350. The Morgan fingerprint density at radius 3 is 2.49 bits per heavy atom. The third-order valence-electron chi connectivity index (χ3n) is 5.29. The minimum atomic E-state index is -4.50. The molecule has 0 aromatic carbocycles. The van der Waals surface area contributed by atoms with Crippen LogP contribution in [0.1, 0.15) is 46.8 Å². The molecule has 8 nitrogen and oxygen atoms in total. The van der Waals surface area contributed by atoms with E-state index < -0.39 is 23.7 Å². The second-order valence-corrected chi connectivity index (χ2v) is 8.79. The van der Waals surface area contributed by atoms with Crippen molar-refractivity contribution in [2.24, 2.45) is 0 Å². The summed E-state index contributed by atoms with van der Waals surface area (Å²) >= 11 is 2.05. The number of nitrogen functional groups attached to an aromatic ring is 1. The fourth-order valence-corrected chi connectivity index (χ4v) is 4.00. The van der Waals surface area contributed by atoms with E-state index in [1.807, 2.05) is 29.5 Å². The number of nitrogens with zero attached hydrogens (tertiary/aromatic N) is 6. The zero-order chi connectivity index (χ0) is 25.2. The minimum absolute atomic E-state index is 0.0523. The molecule has 0 saturated heterocycles. The van der Waals surface area contributed by atoms with Crippen LogP contribution < -0.4 is 5.73 Å². The number of pyridine rings is 3. The zero-order valence-electron chi connectivity index (χ0n) is 18.4. The van der Waals surface area contributed by atoms with Crippen LogP contribution in [0.2, 0.25) is 0 Å². The van der Waals surface area contributed by atoms with E-state index in [0.29, 0.717) is 34.8 Å². The SMILES string of the molecule is CC[C@H](c1ncccn1)N(Cc1ccc(C(F)(F)F)cn1)C(=O)c1cnc2nc(N)c(I)cc2c1. The maximum absolute atomic E-state index is 13.7. The van der Waals surface area contributed by atoms with Crippen LogP contribution in [0, 0.1) is 3.57 Å². The van der Waals surface area contributed by atoms with Crippen LogP contribution >= 0.6 is 22.6 Å². The fourth-order valence-electron chi connectivity index (χ4n) is 3.54. The summed E-state index contributed by atoms with van der Waals surface area (Å²) in [4.78, 5) is 36.2. The Hall–Kier alpha value is -3.42. The standard InChI is InChI=1S/C23H19F3IN7O/c1-2-18(21-29-6-3-7-30-21)34(12-16-5-4-15(11-31-16)23(24,25)26)22(35)14-8-13-9-17(27)19(28)33-20(13)32-10-14/h3-11,18H,2,12H2,1H3,(H2,28,32,33)/t18-/m1/s1. The van der Waals surface area contributed by atoms with Crippen molar-refractivity contribution in [3.05, 3.63) is 81.3 Å². The summed E-state index contributed by atoms with van der Waals surface area (Å²) in [6.45, 7) is 1.82. The molecule has 35 heavy (non-hydrogen) atoms. The number of hydrogen-bond donors (Lipinski definition) is 1. The number of fused-ring (bicyclic) bond motifs is 1. The molecule has 1 atom stereocenters. The average Bonchev–Trinajstić information content (AvgIpc) is 2.84. The third-order valence-corrected chi connectivity index (χ3v) is 6.15. The van der Waals surface area contributed by atoms with Crippen molar-refractivity contribution >= 4 is 45.3 Å². The molecule has 0 saturated carbocycles. The molecule has 2 N–H and O–H groups in total. The van der Waals surface area contributed by atoms with E-state index in [0.717, 1.165) is 15.8 Å². The Balaban J connectivity index is 1.74. The van der Waals surface area contributed by atoms with Gasteiger partial charge in [0.25, 0.3) is 5.91 Å².